The molecular formula is C9H16O2. The predicted molar refractivity (Wildman–Crippen MR) is 45.0 cm³/mol. The summed E-state index contributed by atoms with van der Waals surface area (Å²) in [6.07, 6.45) is 5.91. The van der Waals surface area contributed by atoms with Crippen molar-refractivity contribution in [3.8, 4) is 0 Å². The molecule has 64 valence electrons. The van der Waals surface area contributed by atoms with Gasteiger partial charge in [-0.05, 0) is 24.8 Å². The zero-order valence-electron chi connectivity index (χ0n) is 7.30. The topological polar surface area (TPSA) is 26.3 Å². The molecule has 0 saturated heterocycles. The molecule has 0 aromatic carbocycles. The highest BCUT2D eigenvalue weighted by Gasteiger charge is 1.93. The molecule has 11 heavy (non-hydrogen) atoms. The van der Waals surface area contributed by atoms with Gasteiger partial charge in [0.2, 0.25) is 0 Å². The molecule has 0 aliphatic rings. The van der Waals surface area contributed by atoms with Crippen molar-refractivity contribution in [2.75, 3.05) is 0 Å². The Kier molecular flexibility index (Phi) is 6.79. The Balaban J connectivity index is 3.63. The van der Waals surface area contributed by atoms with Gasteiger partial charge < -0.3 is 4.74 Å². The molecule has 0 spiro atoms. The summed E-state index contributed by atoms with van der Waals surface area (Å²) >= 11 is 0. The van der Waals surface area contributed by atoms with Crippen LogP contribution in [-0.2, 0) is 9.53 Å². The number of hydrogen-bond donors (Lipinski definition) is 0. The van der Waals surface area contributed by atoms with Crippen molar-refractivity contribution >= 4 is 6.47 Å². The molecule has 2 nitrogen and oxygen atoms in total. The molecule has 0 aliphatic carbocycles. The zero-order chi connectivity index (χ0) is 8.53. The monoisotopic (exact) mass is 156 g/mol. The first-order chi connectivity index (χ1) is 5.35. The second-order valence-corrected chi connectivity index (χ2v) is 2.47. The van der Waals surface area contributed by atoms with E-state index >= 15 is 0 Å². The quantitative estimate of drug-likeness (QED) is 0.436. The lowest BCUT2D eigenvalue weighted by molar-refractivity contribution is -0.123. The molecule has 0 amide bonds. The van der Waals surface area contributed by atoms with Crippen LogP contribution in [0, 0.1) is 0 Å². The average molecular weight is 156 g/mol. The van der Waals surface area contributed by atoms with Crippen LogP contribution in [0.3, 0.4) is 0 Å². The second kappa shape index (κ2) is 7.32. The minimum absolute atomic E-state index is 0.460. The summed E-state index contributed by atoms with van der Waals surface area (Å²) in [5.41, 5.74) is 1.21. The zero-order valence-corrected chi connectivity index (χ0v) is 7.30. The Hall–Kier alpha value is -0.790. The van der Waals surface area contributed by atoms with Gasteiger partial charge >= 0.3 is 0 Å². The number of ether oxygens (including phenoxy) is 1. The normalized spacial score (nSPS) is 11.3. The molecule has 0 atom stereocenters. The van der Waals surface area contributed by atoms with Gasteiger partial charge in [-0.3, -0.25) is 4.79 Å². The number of rotatable bonds is 6. The lowest BCUT2D eigenvalue weighted by Gasteiger charge is -2.00. The van der Waals surface area contributed by atoms with Gasteiger partial charge in [0.05, 0.1) is 6.26 Å². The Labute approximate surface area is 68.2 Å². The van der Waals surface area contributed by atoms with Gasteiger partial charge in [0.25, 0.3) is 6.47 Å². The van der Waals surface area contributed by atoms with Crippen LogP contribution in [0.5, 0.6) is 0 Å². The summed E-state index contributed by atoms with van der Waals surface area (Å²) < 4.78 is 4.54. The van der Waals surface area contributed by atoms with Crippen LogP contribution in [0.25, 0.3) is 0 Å². The van der Waals surface area contributed by atoms with Gasteiger partial charge in [0, 0.05) is 0 Å². The fourth-order valence-corrected chi connectivity index (χ4v) is 0.847. The molecule has 2 heteroatoms. The van der Waals surface area contributed by atoms with E-state index in [2.05, 4.69) is 18.6 Å². The standard InChI is InChI=1S/C9H16O2/c1-3-5-6-9(4-2)7-11-8-10/h7-8H,3-6H2,1-2H3. The highest BCUT2D eigenvalue weighted by molar-refractivity contribution is 5.38. The van der Waals surface area contributed by atoms with E-state index in [1.807, 2.05) is 0 Å². The van der Waals surface area contributed by atoms with Crippen molar-refractivity contribution in [3.05, 3.63) is 11.8 Å². The molecule has 0 heterocycles. The summed E-state index contributed by atoms with van der Waals surface area (Å²) in [6, 6.07) is 0. The van der Waals surface area contributed by atoms with Crippen molar-refractivity contribution in [1.82, 2.24) is 0 Å². The highest BCUT2D eigenvalue weighted by Crippen LogP contribution is 2.10. The first-order valence-corrected chi connectivity index (χ1v) is 4.12. The van der Waals surface area contributed by atoms with Crippen molar-refractivity contribution in [1.29, 1.82) is 0 Å². The number of unbranched alkanes of at least 4 members (excludes halogenated alkanes) is 1. The highest BCUT2D eigenvalue weighted by atomic mass is 16.5. The van der Waals surface area contributed by atoms with Gasteiger partial charge in [0.1, 0.15) is 0 Å². The number of carbonyl (C=O) groups excluding carboxylic acids is 1. The van der Waals surface area contributed by atoms with Crippen LogP contribution in [0.15, 0.2) is 11.8 Å². The van der Waals surface area contributed by atoms with Crippen LogP contribution in [0.2, 0.25) is 0 Å². The van der Waals surface area contributed by atoms with Crippen molar-refractivity contribution in [2.24, 2.45) is 0 Å². The van der Waals surface area contributed by atoms with Crippen LogP contribution in [0.4, 0.5) is 0 Å². The fourth-order valence-electron chi connectivity index (χ4n) is 0.847. The van der Waals surface area contributed by atoms with E-state index in [-0.39, 0.29) is 0 Å². The molecule has 0 unspecified atom stereocenters. The van der Waals surface area contributed by atoms with Crippen molar-refractivity contribution in [2.45, 2.75) is 39.5 Å². The number of carbonyl (C=O) groups is 1. The van der Waals surface area contributed by atoms with E-state index in [4.69, 9.17) is 0 Å². The molecule has 0 aliphatic heterocycles. The fraction of sp³-hybridized carbons (Fsp3) is 0.667. The summed E-state index contributed by atoms with van der Waals surface area (Å²) in [6.45, 7) is 4.67. The third-order valence-electron chi connectivity index (χ3n) is 1.60. The van der Waals surface area contributed by atoms with E-state index in [1.54, 1.807) is 6.26 Å². The Morgan fingerprint density at radius 1 is 1.45 bits per heavy atom. The number of hydrogen-bond acceptors (Lipinski definition) is 2. The molecule has 0 rings (SSSR count). The van der Waals surface area contributed by atoms with Crippen LogP contribution in [-0.4, -0.2) is 6.47 Å². The minimum Gasteiger partial charge on any atom is -0.437 e. The van der Waals surface area contributed by atoms with E-state index < -0.39 is 0 Å². The second-order valence-electron chi connectivity index (χ2n) is 2.47. The van der Waals surface area contributed by atoms with E-state index in [0.29, 0.717) is 6.47 Å². The molecule has 0 radical (unpaired) electrons. The third kappa shape index (κ3) is 5.64. The maximum atomic E-state index is 9.83. The first kappa shape index (κ1) is 10.2. The summed E-state index contributed by atoms with van der Waals surface area (Å²) in [5.74, 6) is 0. The van der Waals surface area contributed by atoms with Gasteiger partial charge in [-0.2, -0.15) is 0 Å². The van der Waals surface area contributed by atoms with Gasteiger partial charge in [-0.25, -0.2) is 0 Å². The molecular weight excluding hydrogens is 140 g/mol. The Morgan fingerprint density at radius 2 is 2.18 bits per heavy atom. The largest absolute Gasteiger partial charge is 0.437 e. The van der Waals surface area contributed by atoms with Gasteiger partial charge in [-0.1, -0.05) is 20.3 Å². The van der Waals surface area contributed by atoms with Crippen LogP contribution in [0.1, 0.15) is 39.5 Å². The Morgan fingerprint density at radius 3 is 2.64 bits per heavy atom. The molecule has 0 fully saturated rings. The van der Waals surface area contributed by atoms with Crippen LogP contribution < -0.4 is 0 Å². The first-order valence-electron chi connectivity index (χ1n) is 4.12. The summed E-state index contributed by atoms with van der Waals surface area (Å²) in [4.78, 5) is 9.83. The van der Waals surface area contributed by atoms with E-state index in [9.17, 15) is 4.79 Å². The van der Waals surface area contributed by atoms with Gasteiger partial charge in [-0.15, -0.1) is 0 Å². The van der Waals surface area contributed by atoms with Crippen LogP contribution >= 0.6 is 0 Å². The molecule has 0 saturated carbocycles. The van der Waals surface area contributed by atoms with Crippen molar-refractivity contribution < 1.29 is 9.53 Å². The smallest absolute Gasteiger partial charge is 0.297 e. The lowest BCUT2D eigenvalue weighted by Crippen LogP contribution is -1.84. The third-order valence-corrected chi connectivity index (χ3v) is 1.60. The Bertz CT molecular complexity index is 128. The lowest BCUT2D eigenvalue weighted by atomic mass is 10.1. The molecule has 0 aromatic rings. The average Bonchev–Trinajstić information content (AvgIpc) is 2.05. The molecule has 0 aromatic heterocycles. The maximum absolute atomic E-state index is 9.83. The van der Waals surface area contributed by atoms with E-state index in [1.165, 1.54) is 18.4 Å². The maximum Gasteiger partial charge on any atom is 0.297 e. The van der Waals surface area contributed by atoms with Crippen molar-refractivity contribution in [3.63, 3.8) is 0 Å². The minimum atomic E-state index is 0.460. The molecule has 0 bridgehead atoms. The summed E-state index contributed by atoms with van der Waals surface area (Å²) in [5, 5.41) is 0. The van der Waals surface area contributed by atoms with E-state index in [0.717, 1.165) is 12.8 Å². The SMILES string of the molecule is CCCCC(=COC=O)CC. The number of allylic oxidation sites excluding steroid dienone is 1. The summed E-state index contributed by atoms with van der Waals surface area (Å²) in [7, 11) is 0. The predicted octanol–water partition coefficient (Wildman–Crippen LogP) is 2.64. The molecule has 0 N–H and O–H groups in total. The van der Waals surface area contributed by atoms with Gasteiger partial charge in [0.15, 0.2) is 0 Å².